The predicted octanol–water partition coefficient (Wildman–Crippen LogP) is 3.93. The number of allylic oxidation sites excluding steroid dienone is 1. The van der Waals surface area contributed by atoms with Gasteiger partial charge in [0.2, 0.25) is 0 Å². The van der Waals surface area contributed by atoms with Crippen molar-refractivity contribution in [3.63, 3.8) is 0 Å². The van der Waals surface area contributed by atoms with Gasteiger partial charge in [0, 0.05) is 30.7 Å². The molecule has 0 saturated carbocycles. The van der Waals surface area contributed by atoms with Gasteiger partial charge >= 0.3 is 5.69 Å². The van der Waals surface area contributed by atoms with E-state index in [4.69, 9.17) is 11.6 Å². The second kappa shape index (κ2) is 6.54. The van der Waals surface area contributed by atoms with Crippen molar-refractivity contribution < 1.29 is 0 Å². The first kappa shape index (κ1) is 16.3. The third-order valence-corrected chi connectivity index (χ3v) is 5.09. The van der Waals surface area contributed by atoms with Crippen molar-refractivity contribution in [2.75, 3.05) is 6.54 Å². The summed E-state index contributed by atoms with van der Waals surface area (Å²) < 4.78 is 1.86. The Labute approximate surface area is 141 Å². The highest BCUT2D eigenvalue weighted by molar-refractivity contribution is 6.31. The van der Waals surface area contributed by atoms with Crippen molar-refractivity contribution in [3.8, 4) is 0 Å². The number of nitrogens with zero attached hydrogens (tertiary/aromatic N) is 2. The lowest BCUT2D eigenvalue weighted by molar-refractivity contribution is 0.209. The maximum absolute atomic E-state index is 12.3. The quantitative estimate of drug-likeness (QED) is 0.861. The largest absolute Gasteiger partial charge is 0.326 e. The molecule has 1 aromatic carbocycles. The lowest BCUT2D eigenvalue weighted by Gasteiger charge is -2.26. The van der Waals surface area contributed by atoms with Crippen molar-refractivity contribution in [1.82, 2.24) is 14.5 Å². The number of aromatic amines is 1. The minimum absolute atomic E-state index is 0.0458. The van der Waals surface area contributed by atoms with Gasteiger partial charge in [-0.2, -0.15) is 0 Å². The zero-order chi connectivity index (χ0) is 16.6. The van der Waals surface area contributed by atoms with E-state index < -0.39 is 0 Å². The minimum Gasteiger partial charge on any atom is -0.305 e. The van der Waals surface area contributed by atoms with Crippen LogP contribution in [0.25, 0.3) is 11.0 Å². The summed E-state index contributed by atoms with van der Waals surface area (Å²) in [4.78, 5) is 17.6. The summed E-state index contributed by atoms with van der Waals surface area (Å²) in [6.07, 6.45) is 4.53. The van der Waals surface area contributed by atoms with E-state index in [0.717, 1.165) is 42.5 Å². The topological polar surface area (TPSA) is 41.0 Å². The summed E-state index contributed by atoms with van der Waals surface area (Å²) in [7, 11) is 0. The Hall–Kier alpha value is -1.52. The Morgan fingerprint density at radius 2 is 2.13 bits per heavy atom. The summed E-state index contributed by atoms with van der Waals surface area (Å²) in [5, 5.41) is 0.675. The molecule has 0 fully saturated rings. The Morgan fingerprint density at radius 3 is 2.83 bits per heavy atom. The minimum atomic E-state index is -0.0458. The molecule has 0 amide bonds. The van der Waals surface area contributed by atoms with Crippen LogP contribution in [0.1, 0.15) is 39.2 Å². The summed E-state index contributed by atoms with van der Waals surface area (Å²) >= 11 is 6.24. The summed E-state index contributed by atoms with van der Waals surface area (Å²) in [5.41, 5.74) is 4.40. The van der Waals surface area contributed by atoms with Crippen LogP contribution in [0.4, 0.5) is 0 Å². The lowest BCUT2D eigenvalue weighted by Crippen LogP contribution is -2.36. The van der Waals surface area contributed by atoms with Gasteiger partial charge in [-0.25, -0.2) is 4.79 Å². The fourth-order valence-electron chi connectivity index (χ4n) is 3.43. The molecule has 1 N–H and O–H groups in total. The van der Waals surface area contributed by atoms with Crippen LogP contribution >= 0.6 is 11.6 Å². The van der Waals surface area contributed by atoms with E-state index in [1.54, 1.807) is 0 Å². The van der Waals surface area contributed by atoms with Crippen molar-refractivity contribution >= 4 is 22.6 Å². The second-order valence-corrected chi connectivity index (χ2v) is 6.79. The number of H-pyrrole nitrogens is 1. The molecule has 1 aliphatic rings. The van der Waals surface area contributed by atoms with Crippen LogP contribution in [0, 0.1) is 0 Å². The number of rotatable bonds is 4. The monoisotopic (exact) mass is 333 g/mol. The molecule has 3 rings (SSSR count). The molecule has 2 aromatic rings. The number of imidazole rings is 1. The van der Waals surface area contributed by atoms with Gasteiger partial charge in [0.05, 0.1) is 11.0 Å². The van der Waals surface area contributed by atoms with Crippen molar-refractivity contribution in [2.45, 2.75) is 52.7 Å². The first-order valence-corrected chi connectivity index (χ1v) is 8.74. The number of halogens is 1. The van der Waals surface area contributed by atoms with Crippen LogP contribution in [-0.2, 0) is 13.1 Å². The average Bonchev–Trinajstić information content (AvgIpc) is 2.73. The Morgan fingerprint density at radius 1 is 1.39 bits per heavy atom. The molecule has 124 valence electrons. The van der Waals surface area contributed by atoms with E-state index in [1.165, 1.54) is 5.57 Å². The van der Waals surface area contributed by atoms with Gasteiger partial charge < -0.3 is 4.98 Å². The van der Waals surface area contributed by atoms with Crippen LogP contribution in [0.5, 0.6) is 0 Å². The highest BCUT2D eigenvalue weighted by Gasteiger charge is 2.23. The number of nitrogens with one attached hydrogen (secondary N) is 1. The fourth-order valence-corrected chi connectivity index (χ4v) is 3.67. The molecule has 0 radical (unpaired) electrons. The van der Waals surface area contributed by atoms with Crippen LogP contribution in [0.15, 0.2) is 28.6 Å². The van der Waals surface area contributed by atoms with Crippen molar-refractivity contribution in [2.24, 2.45) is 0 Å². The van der Waals surface area contributed by atoms with E-state index in [2.05, 4.69) is 36.7 Å². The number of benzene rings is 1. The standard InChI is InChI=1S/C18H24ClN3O/c1-4-13(5-2)6-7-21-11-14-8-15(19)9-16-17(14)22(10-12(21)3)18(23)20-16/h6,8-9,12H,4-5,7,10-11H2,1-3H3,(H,20,23)/t12-/m0/s1. The highest BCUT2D eigenvalue weighted by Crippen LogP contribution is 2.27. The van der Waals surface area contributed by atoms with Crippen LogP contribution in [0.2, 0.25) is 5.02 Å². The first-order valence-electron chi connectivity index (χ1n) is 8.36. The summed E-state index contributed by atoms with van der Waals surface area (Å²) in [5.74, 6) is 0. The van der Waals surface area contributed by atoms with E-state index >= 15 is 0 Å². The van der Waals surface area contributed by atoms with Gasteiger partial charge in [0.25, 0.3) is 0 Å². The molecule has 23 heavy (non-hydrogen) atoms. The van der Waals surface area contributed by atoms with Crippen molar-refractivity contribution in [1.29, 1.82) is 0 Å². The van der Waals surface area contributed by atoms with E-state index in [9.17, 15) is 4.79 Å². The number of aromatic nitrogens is 2. The second-order valence-electron chi connectivity index (χ2n) is 6.35. The molecule has 0 aliphatic carbocycles. The van der Waals surface area contributed by atoms with Gasteiger partial charge in [-0.05, 0) is 37.5 Å². The average molecular weight is 334 g/mol. The third kappa shape index (κ3) is 3.10. The van der Waals surface area contributed by atoms with Gasteiger partial charge in [-0.1, -0.05) is 37.1 Å². The molecule has 0 saturated heterocycles. The van der Waals surface area contributed by atoms with E-state index in [0.29, 0.717) is 17.6 Å². The SMILES string of the molecule is CCC(=CCN1Cc2cc(Cl)cc3[nH]c(=O)n(c23)C[C@@H]1C)CC. The molecule has 1 aromatic heterocycles. The molecule has 5 heteroatoms. The molecule has 0 unspecified atom stereocenters. The Balaban J connectivity index is 1.99. The summed E-state index contributed by atoms with van der Waals surface area (Å²) in [6, 6.07) is 4.12. The lowest BCUT2D eigenvalue weighted by atomic mass is 10.1. The molecule has 2 heterocycles. The fraction of sp³-hybridized carbons (Fsp3) is 0.500. The van der Waals surface area contributed by atoms with Crippen LogP contribution < -0.4 is 5.69 Å². The molecule has 1 atom stereocenters. The van der Waals surface area contributed by atoms with Crippen molar-refractivity contribution in [3.05, 3.63) is 44.9 Å². The zero-order valence-corrected chi connectivity index (χ0v) is 14.8. The van der Waals surface area contributed by atoms with Gasteiger partial charge in [-0.3, -0.25) is 9.47 Å². The molecule has 0 spiro atoms. The molecule has 1 aliphatic heterocycles. The zero-order valence-electron chi connectivity index (χ0n) is 14.0. The number of hydrogen-bond donors (Lipinski definition) is 1. The van der Waals surface area contributed by atoms with Crippen LogP contribution in [0.3, 0.4) is 0 Å². The maximum Gasteiger partial charge on any atom is 0.326 e. The molecule has 4 nitrogen and oxygen atoms in total. The van der Waals surface area contributed by atoms with Crippen LogP contribution in [-0.4, -0.2) is 27.0 Å². The normalized spacial score (nSPS) is 18.2. The first-order chi connectivity index (χ1) is 11.0. The maximum atomic E-state index is 12.3. The Bertz CT molecular complexity index is 796. The Kier molecular flexibility index (Phi) is 4.64. The summed E-state index contributed by atoms with van der Waals surface area (Å²) in [6.45, 7) is 9.01. The van der Waals surface area contributed by atoms with Gasteiger partial charge in [-0.15, -0.1) is 0 Å². The predicted molar refractivity (Wildman–Crippen MR) is 96.1 cm³/mol. The van der Waals surface area contributed by atoms with Gasteiger partial charge in [0.1, 0.15) is 0 Å². The molecular weight excluding hydrogens is 310 g/mol. The number of hydrogen-bond acceptors (Lipinski definition) is 2. The third-order valence-electron chi connectivity index (χ3n) is 4.88. The molecule has 0 bridgehead atoms. The van der Waals surface area contributed by atoms with E-state index in [-0.39, 0.29) is 5.69 Å². The van der Waals surface area contributed by atoms with Gasteiger partial charge in [0.15, 0.2) is 0 Å². The smallest absolute Gasteiger partial charge is 0.305 e. The molecular formula is C18H24ClN3O. The highest BCUT2D eigenvalue weighted by atomic mass is 35.5. The van der Waals surface area contributed by atoms with E-state index in [1.807, 2.05) is 16.7 Å².